The normalized spacial score (nSPS) is 11.6. The fraction of sp³-hybridized carbons (Fsp3) is 0.588. The Labute approximate surface area is 124 Å². The van der Waals surface area contributed by atoms with Crippen LogP contribution in [0.3, 0.4) is 0 Å². The first-order chi connectivity index (χ1) is 9.60. The monoisotopic (exact) mass is 278 g/mol. The fourth-order valence-electron chi connectivity index (χ4n) is 2.16. The van der Waals surface area contributed by atoms with Gasteiger partial charge in [-0.1, -0.05) is 45.9 Å². The van der Waals surface area contributed by atoms with Crippen molar-refractivity contribution in [3.05, 3.63) is 30.3 Å². The van der Waals surface area contributed by atoms with Crippen LogP contribution in [0.2, 0.25) is 0 Å². The van der Waals surface area contributed by atoms with E-state index < -0.39 is 0 Å². The van der Waals surface area contributed by atoms with Crippen molar-refractivity contribution in [1.29, 1.82) is 0 Å². The summed E-state index contributed by atoms with van der Waals surface area (Å²) in [5.41, 5.74) is 0.953. The molecule has 0 radical (unpaired) electrons. The van der Waals surface area contributed by atoms with Crippen LogP contribution in [0.5, 0.6) is 0 Å². The Kier molecular flexibility index (Phi) is 9.73. The van der Waals surface area contributed by atoms with E-state index in [1.54, 1.807) is 4.90 Å². The van der Waals surface area contributed by atoms with Crippen LogP contribution in [0, 0.1) is 0 Å². The van der Waals surface area contributed by atoms with Crippen LogP contribution in [0.25, 0.3) is 0 Å². The summed E-state index contributed by atoms with van der Waals surface area (Å²) in [6.07, 6.45) is 0.563. The van der Waals surface area contributed by atoms with E-state index in [0.29, 0.717) is 12.5 Å². The summed E-state index contributed by atoms with van der Waals surface area (Å²) >= 11 is 0. The van der Waals surface area contributed by atoms with Gasteiger partial charge in [0.25, 0.3) is 0 Å². The highest BCUT2D eigenvalue weighted by Crippen LogP contribution is 2.14. The lowest BCUT2D eigenvalue weighted by Crippen LogP contribution is -2.38. The highest BCUT2D eigenvalue weighted by Gasteiger charge is 2.17. The zero-order valence-electron chi connectivity index (χ0n) is 13.9. The Morgan fingerprint density at radius 1 is 1.10 bits per heavy atom. The Morgan fingerprint density at radius 2 is 1.60 bits per heavy atom. The predicted molar refractivity (Wildman–Crippen MR) is 88.2 cm³/mol. The molecule has 0 heterocycles. The molecule has 1 amide bonds. The largest absolute Gasteiger partial charge is 0.315 e. The van der Waals surface area contributed by atoms with Gasteiger partial charge in [-0.3, -0.25) is 4.79 Å². The third-order valence-electron chi connectivity index (χ3n) is 3.42. The van der Waals surface area contributed by atoms with E-state index in [9.17, 15) is 4.79 Å². The number of carbonyl (C=O) groups excluding carboxylic acids is 1. The van der Waals surface area contributed by atoms with Gasteiger partial charge in [-0.05, 0) is 32.1 Å². The van der Waals surface area contributed by atoms with Gasteiger partial charge in [-0.2, -0.15) is 0 Å². The molecule has 0 N–H and O–H groups in total. The fourth-order valence-corrected chi connectivity index (χ4v) is 2.16. The van der Waals surface area contributed by atoms with Gasteiger partial charge in [0.15, 0.2) is 0 Å². The molecule has 1 unspecified atom stereocenters. The van der Waals surface area contributed by atoms with E-state index in [1.165, 1.54) is 0 Å². The van der Waals surface area contributed by atoms with Crippen molar-refractivity contribution in [1.82, 2.24) is 4.90 Å². The van der Waals surface area contributed by atoms with Gasteiger partial charge in [-0.15, -0.1) is 0 Å². The Bertz CT molecular complexity index is 361. The quantitative estimate of drug-likeness (QED) is 0.790. The van der Waals surface area contributed by atoms with Gasteiger partial charge < -0.3 is 9.80 Å². The number of rotatable bonds is 6. The number of para-hydroxylation sites is 1. The number of carbonyl (C=O) groups is 1. The Balaban J connectivity index is 0.00000172. The van der Waals surface area contributed by atoms with E-state index in [-0.39, 0.29) is 5.91 Å². The van der Waals surface area contributed by atoms with Crippen molar-refractivity contribution < 1.29 is 4.79 Å². The minimum atomic E-state index is 0.167. The average Bonchev–Trinajstić information content (AvgIpc) is 2.50. The first-order valence-corrected chi connectivity index (χ1v) is 7.65. The second kappa shape index (κ2) is 10.4. The molecule has 3 heteroatoms. The zero-order valence-corrected chi connectivity index (χ0v) is 13.9. The molecule has 0 aliphatic carbocycles. The summed E-state index contributed by atoms with van der Waals surface area (Å²) in [6.45, 7) is 12.3. The first kappa shape index (κ1) is 18.7. The van der Waals surface area contributed by atoms with Gasteiger partial charge >= 0.3 is 0 Å². The molecular weight excluding hydrogens is 248 g/mol. The first-order valence-electron chi connectivity index (χ1n) is 7.65. The molecule has 0 aromatic heterocycles. The maximum absolute atomic E-state index is 12.2. The topological polar surface area (TPSA) is 23.6 Å². The standard InChI is InChI=1S/C15H24N2O.C2H6/c1-5-17(6-2)13(3)12-15(18)16(4)14-10-8-7-9-11-14;1-2/h7-11,13H,5-6,12H2,1-4H3;1-2H3. The van der Waals surface area contributed by atoms with Gasteiger partial charge in [-0.25, -0.2) is 0 Å². The highest BCUT2D eigenvalue weighted by molar-refractivity contribution is 5.93. The molecular formula is C17H30N2O. The van der Waals surface area contributed by atoms with E-state index in [1.807, 2.05) is 51.2 Å². The van der Waals surface area contributed by atoms with Crippen molar-refractivity contribution in [2.24, 2.45) is 0 Å². The van der Waals surface area contributed by atoms with Crippen LogP contribution in [-0.2, 0) is 4.79 Å². The van der Waals surface area contributed by atoms with Gasteiger partial charge in [0.1, 0.15) is 0 Å². The van der Waals surface area contributed by atoms with Crippen LogP contribution < -0.4 is 4.90 Å². The van der Waals surface area contributed by atoms with E-state index >= 15 is 0 Å². The highest BCUT2D eigenvalue weighted by atomic mass is 16.2. The third kappa shape index (κ3) is 5.74. The third-order valence-corrected chi connectivity index (χ3v) is 3.42. The number of hydrogen-bond donors (Lipinski definition) is 0. The molecule has 1 aromatic carbocycles. The molecule has 20 heavy (non-hydrogen) atoms. The molecule has 0 aliphatic heterocycles. The number of amides is 1. The van der Waals surface area contributed by atoms with Crippen LogP contribution in [-0.4, -0.2) is 37.0 Å². The molecule has 1 rings (SSSR count). The summed E-state index contributed by atoms with van der Waals surface area (Å²) in [6, 6.07) is 10.1. The van der Waals surface area contributed by atoms with Crippen LogP contribution in [0.15, 0.2) is 30.3 Å². The summed E-state index contributed by atoms with van der Waals surface area (Å²) < 4.78 is 0. The number of hydrogen-bond acceptors (Lipinski definition) is 2. The lowest BCUT2D eigenvalue weighted by Gasteiger charge is -2.27. The zero-order chi connectivity index (χ0) is 15.5. The van der Waals surface area contributed by atoms with Crippen LogP contribution in [0.1, 0.15) is 41.0 Å². The maximum atomic E-state index is 12.2. The summed E-state index contributed by atoms with van der Waals surface area (Å²) in [4.78, 5) is 16.2. The molecule has 0 fully saturated rings. The molecule has 0 spiro atoms. The van der Waals surface area contributed by atoms with Crippen molar-refractivity contribution >= 4 is 11.6 Å². The molecule has 0 saturated heterocycles. The number of nitrogens with zero attached hydrogens (tertiary/aromatic N) is 2. The predicted octanol–water partition coefficient (Wildman–Crippen LogP) is 3.80. The number of anilines is 1. The van der Waals surface area contributed by atoms with Gasteiger partial charge in [0.2, 0.25) is 5.91 Å². The lowest BCUT2D eigenvalue weighted by molar-refractivity contribution is -0.119. The van der Waals surface area contributed by atoms with Crippen LogP contribution >= 0.6 is 0 Å². The van der Waals surface area contributed by atoms with Crippen molar-refractivity contribution in [2.75, 3.05) is 25.0 Å². The van der Waals surface area contributed by atoms with E-state index in [0.717, 1.165) is 18.8 Å². The second-order valence-electron chi connectivity index (χ2n) is 4.56. The SMILES string of the molecule is CC.CCN(CC)C(C)CC(=O)N(C)c1ccccc1. The summed E-state index contributed by atoms with van der Waals surface area (Å²) in [5, 5.41) is 0. The Hall–Kier alpha value is -1.35. The Morgan fingerprint density at radius 3 is 2.05 bits per heavy atom. The summed E-state index contributed by atoms with van der Waals surface area (Å²) in [7, 11) is 1.84. The van der Waals surface area contributed by atoms with E-state index in [2.05, 4.69) is 25.7 Å². The van der Waals surface area contributed by atoms with Crippen molar-refractivity contribution in [2.45, 2.75) is 47.1 Å². The molecule has 1 atom stereocenters. The van der Waals surface area contributed by atoms with Gasteiger partial charge in [0.05, 0.1) is 0 Å². The molecule has 0 bridgehead atoms. The second-order valence-corrected chi connectivity index (χ2v) is 4.56. The molecule has 0 aliphatic rings. The number of benzene rings is 1. The molecule has 1 aromatic rings. The van der Waals surface area contributed by atoms with E-state index in [4.69, 9.17) is 0 Å². The molecule has 0 saturated carbocycles. The van der Waals surface area contributed by atoms with Crippen molar-refractivity contribution in [3.8, 4) is 0 Å². The van der Waals surface area contributed by atoms with Crippen LogP contribution in [0.4, 0.5) is 5.69 Å². The average molecular weight is 278 g/mol. The molecule has 3 nitrogen and oxygen atoms in total. The summed E-state index contributed by atoms with van der Waals surface area (Å²) in [5.74, 6) is 0.167. The smallest absolute Gasteiger partial charge is 0.228 e. The molecule has 114 valence electrons. The lowest BCUT2D eigenvalue weighted by atomic mass is 10.1. The van der Waals surface area contributed by atoms with Crippen molar-refractivity contribution in [3.63, 3.8) is 0 Å². The minimum absolute atomic E-state index is 0.167. The minimum Gasteiger partial charge on any atom is -0.315 e. The maximum Gasteiger partial charge on any atom is 0.228 e. The van der Waals surface area contributed by atoms with Gasteiger partial charge in [0, 0.05) is 25.2 Å².